The van der Waals surface area contributed by atoms with Crippen molar-refractivity contribution in [3.63, 3.8) is 0 Å². The minimum Gasteiger partial charge on any atom is -0.393 e. The molecule has 0 aliphatic heterocycles. The van der Waals surface area contributed by atoms with Crippen molar-refractivity contribution in [1.82, 2.24) is 0 Å². The van der Waals surface area contributed by atoms with Gasteiger partial charge in [0, 0.05) is 16.7 Å². The van der Waals surface area contributed by atoms with Crippen molar-refractivity contribution < 1.29 is 29.7 Å². The van der Waals surface area contributed by atoms with Gasteiger partial charge >= 0.3 is 0 Å². The van der Waals surface area contributed by atoms with Crippen molar-refractivity contribution in [2.75, 3.05) is 6.61 Å². The third-order valence-corrected chi connectivity index (χ3v) is 8.53. The van der Waals surface area contributed by atoms with Gasteiger partial charge in [-0.2, -0.15) is 0 Å². The molecule has 3 saturated carbocycles. The third-order valence-electron chi connectivity index (χ3n) is 8.53. The van der Waals surface area contributed by atoms with E-state index >= 15 is 0 Å². The Morgan fingerprint density at radius 3 is 2.71 bits per heavy atom. The minimum absolute atomic E-state index is 0.0109. The Morgan fingerprint density at radius 1 is 1.36 bits per heavy atom. The lowest BCUT2D eigenvalue weighted by Gasteiger charge is -2.59. The normalized spacial score (nSPS) is 49.7. The molecule has 152 valence electrons. The van der Waals surface area contributed by atoms with Crippen molar-refractivity contribution in [3.05, 3.63) is 23.8 Å². The predicted octanol–water partition coefficient (Wildman–Crippen LogP) is 0.983. The number of hydrogen-bond donors (Lipinski definition) is 3. The van der Waals surface area contributed by atoms with Crippen LogP contribution in [0.5, 0.6) is 0 Å². The van der Waals surface area contributed by atoms with Gasteiger partial charge in [0.25, 0.3) is 0 Å². The second-order valence-corrected chi connectivity index (χ2v) is 9.54. The molecule has 0 spiro atoms. The molecule has 0 aromatic rings. The van der Waals surface area contributed by atoms with Crippen molar-refractivity contribution in [2.24, 2.45) is 34.5 Å². The van der Waals surface area contributed by atoms with Gasteiger partial charge in [-0.05, 0) is 49.7 Å². The van der Waals surface area contributed by atoms with Crippen molar-refractivity contribution in [2.45, 2.75) is 51.2 Å². The standard InChI is InChI=1S/C22H28O6/c1-20-6-5-14(25)7-12(20)3-4-15-16-8-13(10-23)22(28,18(27)11-24)21(16,2)9-17(26)19(15)20/h5-7,10,13,15-17,19,24,26,28H,3-4,8-9,11H2,1-2H3/t13-,15?,16?,17-,19?,20?,21?,22-/m0/s1. The summed E-state index contributed by atoms with van der Waals surface area (Å²) in [7, 11) is 0. The maximum Gasteiger partial charge on any atom is 0.190 e. The molecule has 8 atom stereocenters. The lowest BCUT2D eigenvalue weighted by molar-refractivity contribution is -0.184. The summed E-state index contributed by atoms with van der Waals surface area (Å²) >= 11 is 0. The molecule has 3 N–H and O–H groups in total. The summed E-state index contributed by atoms with van der Waals surface area (Å²) in [5.41, 5.74) is -2.37. The van der Waals surface area contributed by atoms with Gasteiger partial charge in [0.05, 0.1) is 12.0 Å². The Balaban J connectivity index is 1.80. The molecule has 0 bridgehead atoms. The number of carbonyl (C=O) groups excluding carboxylic acids is 3. The van der Waals surface area contributed by atoms with Crippen LogP contribution in [0.25, 0.3) is 0 Å². The number of hydrogen-bond acceptors (Lipinski definition) is 6. The highest BCUT2D eigenvalue weighted by molar-refractivity contribution is 6.01. The molecule has 0 amide bonds. The van der Waals surface area contributed by atoms with E-state index in [1.165, 1.54) is 0 Å². The third kappa shape index (κ3) is 2.22. The zero-order valence-corrected chi connectivity index (χ0v) is 16.3. The Labute approximate surface area is 164 Å². The number of ketones is 2. The highest BCUT2D eigenvalue weighted by Crippen LogP contribution is 2.68. The quantitative estimate of drug-likeness (QED) is 0.622. The summed E-state index contributed by atoms with van der Waals surface area (Å²) in [5, 5.41) is 32.1. The van der Waals surface area contributed by atoms with Crippen LogP contribution in [-0.2, 0) is 14.4 Å². The van der Waals surface area contributed by atoms with Crippen molar-refractivity contribution in [1.29, 1.82) is 0 Å². The summed E-state index contributed by atoms with van der Waals surface area (Å²) in [4.78, 5) is 36.2. The first-order valence-corrected chi connectivity index (χ1v) is 10.1. The molecule has 6 nitrogen and oxygen atoms in total. The average Bonchev–Trinajstić information content (AvgIpc) is 2.89. The minimum atomic E-state index is -1.96. The predicted molar refractivity (Wildman–Crippen MR) is 100.0 cm³/mol. The van der Waals surface area contributed by atoms with Gasteiger partial charge in [-0.3, -0.25) is 9.59 Å². The number of allylic oxidation sites excluding steroid dienone is 4. The molecule has 4 rings (SSSR count). The van der Waals surface area contributed by atoms with Gasteiger partial charge in [0.2, 0.25) is 0 Å². The maximum absolute atomic E-state index is 12.6. The number of fused-ring (bicyclic) bond motifs is 5. The van der Waals surface area contributed by atoms with E-state index in [-0.39, 0.29) is 30.0 Å². The molecule has 6 heteroatoms. The summed E-state index contributed by atoms with van der Waals surface area (Å²) in [6, 6.07) is 0. The summed E-state index contributed by atoms with van der Waals surface area (Å²) in [6.45, 7) is 2.99. The molecule has 4 aliphatic rings. The maximum atomic E-state index is 12.6. The smallest absolute Gasteiger partial charge is 0.190 e. The first kappa shape index (κ1) is 19.7. The second-order valence-electron chi connectivity index (χ2n) is 9.54. The van der Waals surface area contributed by atoms with Gasteiger partial charge in [0.1, 0.15) is 18.5 Å². The van der Waals surface area contributed by atoms with E-state index in [1.54, 1.807) is 19.1 Å². The van der Waals surface area contributed by atoms with Crippen LogP contribution in [0, 0.1) is 34.5 Å². The lowest BCUT2D eigenvalue weighted by atomic mass is 9.46. The second kappa shape index (κ2) is 6.18. The zero-order valence-electron chi connectivity index (χ0n) is 16.3. The fourth-order valence-corrected chi connectivity index (χ4v) is 7.21. The molecule has 0 radical (unpaired) electrons. The Hall–Kier alpha value is -1.63. The largest absolute Gasteiger partial charge is 0.393 e. The van der Waals surface area contributed by atoms with E-state index in [1.807, 2.05) is 13.0 Å². The Morgan fingerprint density at radius 2 is 2.07 bits per heavy atom. The zero-order chi connectivity index (χ0) is 20.5. The molecular formula is C22H28O6. The van der Waals surface area contributed by atoms with E-state index in [0.29, 0.717) is 19.1 Å². The van der Waals surface area contributed by atoms with Crippen LogP contribution in [0.1, 0.15) is 39.5 Å². The topological polar surface area (TPSA) is 112 Å². The molecule has 3 fully saturated rings. The van der Waals surface area contributed by atoms with Crippen molar-refractivity contribution in [3.8, 4) is 0 Å². The van der Waals surface area contributed by atoms with Crippen LogP contribution in [-0.4, -0.2) is 51.5 Å². The summed E-state index contributed by atoms with van der Waals surface area (Å²) in [6.07, 6.45) is 6.96. The monoisotopic (exact) mass is 388 g/mol. The highest BCUT2D eigenvalue weighted by Gasteiger charge is 2.71. The molecule has 5 unspecified atom stereocenters. The van der Waals surface area contributed by atoms with Crippen LogP contribution in [0.2, 0.25) is 0 Å². The van der Waals surface area contributed by atoms with Crippen LogP contribution in [0.15, 0.2) is 23.8 Å². The fourth-order valence-electron chi connectivity index (χ4n) is 7.21. The van der Waals surface area contributed by atoms with E-state index in [2.05, 4.69) is 0 Å². The molecule has 0 aromatic heterocycles. The SMILES string of the molecule is CC12C=CC(=O)C=C1CCC1C2[C@@H](O)CC2(C)C1C[C@@H](C=O)[C@]2(O)C(=O)CO. The van der Waals surface area contributed by atoms with Crippen LogP contribution in [0.3, 0.4) is 0 Å². The van der Waals surface area contributed by atoms with E-state index in [4.69, 9.17) is 0 Å². The molecule has 0 heterocycles. The Kier molecular flexibility index (Phi) is 4.34. The van der Waals surface area contributed by atoms with Gasteiger partial charge in [-0.15, -0.1) is 0 Å². The summed E-state index contributed by atoms with van der Waals surface area (Å²) in [5.74, 6) is -1.93. The fraction of sp³-hybridized carbons (Fsp3) is 0.682. The van der Waals surface area contributed by atoms with Gasteiger partial charge in [0.15, 0.2) is 11.6 Å². The van der Waals surface area contributed by atoms with Gasteiger partial charge < -0.3 is 20.1 Å². The number of aliphatic hydroxyl groups is 3. The molecule has 0 saturated heterocycles. The van der Waals surface area contributed by atoms with E-state index in [0.717, 1.165) is 12.0 Å². The number of carbonyl (C=O) groups is 3. The van der Waals surface area contributed by atoms with Crippen LogP contribution < -0.4 is 0 Å². The van der Waals surface area contributed by atoms with Crippen molar-refractivity contribution >= 4 is 17.9 Å². The Bertz CT molecular complexity index is 799. The van der Waals surface area contributed by atoms with E-state index in [9.17, 15) is 29.7 Å². The average molecular weight is 388 g/mol. The molecule has 4 aliphatic carbocycles. The molecule has 0 aromatic carbocycles. The number of Topliss-reactive ketones (excluding diaryl/α,β-unsaturated/α-hetero) is 1. The number of aliphatic hydroxyl groups excluding tert-OH is 2. The lowest BCUT2D eigenvalue weighted by Crippen LogP contribution is -2.63. The van der Waals surface area contributed by atoms with Crippen LogP contribution >= 0.6 is 0 Å². The number of rotatable bonds is 3. The number of aldehydes is 1. The molecule has 28 heavy (non-hydrogen) atoms. The van der Waals surface area contributed by atoms with E-state index < -0.39 is 40.8 Å². The van der Waals surface area contributed by atoms with Gasteiger partial charge in [-0.1, -0.05) is 25.5 Å². The van der Waals surface area contributed by atoms with Gasteiger partial charge in [-0.25, -0.2) is 0 Å². The molecular weight excluding hydrogens is 360 g/mol. The first-order valence-electron chi connectivity index (χ1n) is 10.1. The first-order chi connectivity index (χ1) is 13.1. The highest BCUT2D eigenvalue weighted by atomic mass is 16.3. The van der Waals surface area contributed by atoms with Crippen LogP contribution in [0.4, 0.5) is 0 Å². The summed E-state index contributed by atoms with van der Waals surface area (Å²) < 4.78 is 0.